The van der Waals surface area contributed by atoms with Crippen molar-refractivity contribution in [3.05, 3.63) is 35.4 Å². The first-order valence-corrected chi connectivity index (χ1v) is 10.1. The van der Waals surface area contributed by atoms with Crippen molar-refractivity contribution in [1.82, 2.24) is 10.2 Å². The van der Waals surface area contributed by atoms with Gasteiger partial charge in [0.2, 0.25) is 5.91 Å². The van der Waals surface area contributed by atoms with Crippen molar-refractivity contribution in [2.75, 3.05) is 6.54 Å². The Bertz CT molecular complexity index is 664. The first-order chi connectivity index (χ1) is 12.4. The molecule has 3 rings (SSSR count). The van der Waals surface area contributed by atoms with Gasteiger partial charge in [-0.25, -0.2) is 0 Å². The standard InChI is InChI=1S/C22H32N2O2/c1-16(2)13-14-24-20(25)19-12-8-7-9-17(19)15-22(24,3)21(26)23-18-10-5-4-6-11-18/h7-9,12,16,18H,4-6,10-11,13-15H2,1-3H3,(H,23,26)/t22-/m0/s1. The Labute approximate surface area is 157 Å². The molecule has 142 valence electrons. The molecule has 1 N–H and O–H groups in total. The highest BCUT2D eigenvalue weighted by Gasteiger charge is 2.46. The lowest BCUT2D eigenvalue weighted by atomic mass is 9.82. The molecule has 0 bridgehead atoms. The number of benzene rings is 1. The maximum absolute atomic E-state index is 13.3. The topological polar surface area (TPSA) is 49.4 Å². The quantitative estimate of drug-likeness (QED) is 0.869. The van der Waals surface area contributed by atoms with Gasteiger partial charge in [-0.3, -0.25) is 9.59 Å². The Morgan fingerprint density at radius 3 is 2.62 bits per heavy atom. The van der Waals surface area contributed by atoms with Crippen molar-refractivity contribution >= 4 is 11.8 Å². The average molecular weight is 357 g/mol. The van der Waals surface area contributed by atoms with Crippen molar-refractivity contribution in [3.8, 4) is 0 Å². The smallest absolute Gasteiger partial charge is 0.255 e. The summed E-state index contributed by atoms with van der Waals surface area (Å²) in [5.41, 5.74) is 0.927. The van der Waals surface area contributed by atoms with Gasteiger partial charge in [-0.15, -0.1) is 0 Å². The summed E-state index contributed by atoms with van der Waals surface area (Å²) < 4.78 is 0. The Kier molecular flexibility index (Phi) is 5.69. The second-order valence-electron chi connectivity index (χ2n) is 8.56. The van der Waals surface area contributed by atoms with Crippen LogP contribution in [-0.2, 0) is 11.2 Å². The van der Waals surface area contributed by atoms with Crippen LogP contribution < -0.4 is 5.32 Å². The number of nitrogens with zero attached hydrogens (tertiary/aromatic N) is 1. The van der Waals surface area contributed by atoms with Crippen LogP contribution in [-0.4, -0.2) is 34.8 Å². The molecule has 1 saturated carbocycles. The van der Waals surface area contributed by atoms with E-state index in [1.807, 2.05) is 36.1 Å². The molecule has 26 heavy (non-hydrogen) atoms. The average Bonchev–Trinajstić information content (AvgIpc) is 2.62. The van der Waals surface area contributed by atoms with E-state index in [2.05, 4.69) is 19.2 Å². The summed E-state index contributed by atoms with van der Waals surface area (Å²) in [5.74, 6) is 0.496. The summed E-state index contributed by atoms with van der Waals surface area (Å²) in [5, 5.41) is 3.27. The second-order valence-corrected chi connectivity index (χ2v) is 8.56. The normalized spacial score (nSPS) is 23.8. The van der Waals surface area contributed by atoms with Crippen molar-refractivity contribution in [1.29, 1.82) is 0 Å². The van der Waals surface area contributed by atoms with Crippen LogP contribution in [0.4, 0.5) is 0 Å². The van der Waals surface area contributed by atoms with Crippen LogP contribution in [0, 0.1) is 5.92 Å². The molecule has 1 atom stereocenters. The Hall–Kier alpha value is -1.84. The third kappa shape index (κ3) is 3.79. The summed E-state index contributed by atoms with van der Waals surface area (Å²) in [6, 6.07) is 7.99. The van der Waals surface area contributed by atoms with E-state index in [9.17, 15) is 9.59 Å². The molecule has 0 saturated heterocycles. The van der Waals surface area contributed by atoms with Gasteiger partial charge in [0, 0.05) is 24.6 Å². The molecular formula is C22H32N2O2. The molecule has 0 aromatic heterocycles. The molecule has 4 heteroatoms. The molecule has 1 aromatic carbocycles. The van der Waals surface area contributed by atoms with Crippen molar-refractivity contribution in [2.24, 2.45) is 5.92 Å². The summed E-state index contributed by atoms with van der Waals surface area (Å²) in [6.07, 6.45) is 7.22. The van der Waals surface area contributed by atoms with Crippen LogP contribution in [0.15, 0.2) is 24.3 Å². The van der Waals surface area contributed by atoms with Gasteiger partial charge < -0.3 is 10.2 Å². The van der Waals surface area contributed by atoms with E-state index in [-0.39, 0.29) is 17.9 Å². The predicted octanol–water partition coefficient (Wildman–Crippen LogP) is 3.94. The number of carbonyl (C=O) groups excluding carboxylic acids is 2. The zero-order valence-electron chi connectivity index (χ0n) is 16.4. The number of carbonyl (C=O) groups is 2. The SMILES string of the molecule is CC(C)CCN1C(=O)c2ccccc2C[C@@]1(C)C(=O)NC1CCCCC1. The molecule has 2 aliphatic rings. The fourth-order valence-electron chi connectivity index (χ4n) is 4.25. The van der Waals surface area contributed by atoms with Gasteiger partial charge in [-0.2, -0.15) is 0 Å². The summed E-state index contributed by atoms with van der Waals surface area (Å²) in [7, 11) is 0. The van der Waals surface area contributed by atoms with Crippen molar-refractivity contribution in [2.45, 2.75) is 77.3 Å². The summed E-state index contributed by atoms with van der Waals surface area (Å²) in [6.45, 7) is 6.88. The number of amides is 2. The lowest BCUT2D eigenvalue weighted by molar-refractivity contribution is -0.132. The fraction of sp³-hybridized carbons (Fsp3) is 0.636. The molecular weight excluding hydrogens is 324 g/mol. The van der Waals surface area contributed by atoms with Gasteiger partial charge in [-0.1, -0.05) is 51.3 Å². The Balaban J connectivity index is 1.86. The highest BCUT2D eigenvalue weighted by molar-refractivity contribution is 6.02. The maximum atomic E-state index is 13.3. The summed E-state index contributed by atoms with van der Waals surface area (Å²) in [4.78, 5) is 28.3. The number of hydrogen-bond donors (Lipinski definition) is 1. The molecule has 1 heterocycles. The van der Waals surface area contributed by atoms with Crippen molar-refractivity contribution < 1.29 is 9.59 Å². The minimum Gasteiger partial charge on any atom is -0.351 e. The molecule has 2 amide bonds. The molecule has 1 fully saturated rings. The lowest BCUT2D eigenvalue weighted by Gasteiger charge is -2.45. The number of rotatable bonds is 5. The summed E-state index contributed by atoms with van der Waals surface area (Å²) >= 11 is 0. The largest absolute Gasteiger partial charge is 0.351 e. The first kappa shape index (κ1) is 18.9. The van der Waals surface area contributed by atoms with Gasteiger partial charge in [0.25, 0.3) is 5.91 Å². The molecule has 1 aliphatic heterocycles. The van der Waals surface area contributed by atoms with E-state index in [4.69, 9.17) is 0 Å². The predicted molar refractivity (Wildman–Crippen MR) is 104 cm³/mol. The second kappa shape index (κ2) is 7.81. The van der Waals surface area contributed by atoms with Crippen LogP contribution in [0.2, 0.25) is 0 Å². The Morgan fingerprint density at radius 2 is 1.92 bits per heavy atom. The first-order valence-electron chi connectivity index (χ1n) is 10.1. The highest BCUT2D eigenvalue weighted by Crippen LogP contribution is 2.32. The van der Waals surface area contributed by atoms with E-state index in [0.29, 0.717) is 18.9 Å². The van der Waals surface area contributed by atoms with Crippen LogP contribution in [0.5, 0.6) is 0 Å². The zero-order chi connectivity index (χ0) is 18.7. The maximum Gasteiger partial charge on any atom is 0.255 e. The fourth-order valence-corrected chi connectivity index (χ4v) is 4.25. The van der Waals surface area contributed by atoms with Gasteiger partial charge in [0.15, 0.2) is 0 Å². The van der Waals surface area contributed by atoms with E-state index >= 15 is 0 Å². The zero-order valence-corrected chi connectivity index (χ0v) is 16.4. The number of fused-ring (bicyclic) bond motifs is 1. The van der Waals surface area contributed by atoms with Gasteiger partial charge in [0.05, 0.1) is 0 Å². The molecule has 0 spiro atoms. The van der Waals surface area contributed by atoms with Crippen LogP contribution in [0.25, 0.3) is 0 Å². The van der Waals surface area contributed by atoms with Crippen LogP contribution in [0.3, 0.4) is 0 Å². The minimum atomic E-state index is -0.808. The number of nitrogens with one attached hydrogen (secondary N) is 1. The monoisotopic (exact) mass is 356 g/mol. The van der Waals surface area contributed by atoms with E-state index in [0.717, 1.165) is 30.4 Å². The minimum absolute atomic E-state index is 0.00575. The third-order valence-corrected chi connectivity index (χ3v) is 5.98. The lowest BCUT2D eigenvalue weighted by Crippen LogP contribution is -2.64. The molecule has 1 aliphatic carbocycles. The van der Waals surface area contributed by atoms with E-state index in [1.54, 1.807) is 0 Å². The molecule has 1 aromatic rings. The van der Waals surface area contributed by atoms with Gasteiger partial charge in [-0.05, 0) is 43.7 Å². The van der Waals surface area contributed by atoms with E-state index < -0.39 is 5.54 Å². The number of hydrogen-bond acceptors (Lipinski definition) is 2. The molecule has 0 unspecified atom stereocenters. The molecule has 0 radical (unpaired) electrons. The van der Waals surface area contributed by atoms with Gasteiger partial charge >= 0.3 is 0 Å². The van der Waals surface area contributed by atoms with Crippen LogP contribution >= 0.6 is 0 Å². The third-order valence-electron chi connectivity index (χ3n) is 5.98. The Morgan fingerprint density at radius 1 is 1.23 bits per heavy atom. The highest BCUT2D eigenvalue weighted by atomic mass is 16.2. The van der Waals surface area contributed by atoms with E-state index in [1.165, 1.54) is 19.3 Å². The van der Waals surface area contributed by atoms with Crippen LogP contribution in [0.1, 0.15) is 75.2 Å². The van der Waals surface area contributed by atoms with Gasteiger partial charge in [0.1, 0.15) is 5.54 Å². The van der Waals surface area contributed by atoms with Crippen molar-refractivity contribution in [3.63, 3.8) is 0 Å². The molecule has 4 nitrogen and oxygen atoms in total.